The number of rotatable bonds is 7. The Labute approximate surface area is 238 Å². The monoisotopic (exact) mass is 560 g/mol. The topological polar surface area (TPSA) is 91.8 Å². The molecule has 0 aliphatic carbocycles. The van der Waals surface area contributed by atoms with Crippen molar-refractivity contribution in [2.45, 2.75) is 32.7 Å². The van der Waals surface area contributed by atoms with Gasteiger partial charge in [-0.05, 0) is 41.7 Å². The molecule has 208 valence electrons. The molecule has 3 aliphatic rings. The van der Waals surface area contributed by atoms with Crippen molar-refractivity contribution in [3.63, 3.8) is 0 Å². The molecule has 3 aliphatic heterocycles. The summed E-state index contributed by atoms with van der Waals surface area (Å²) in [7, 11) is 1.37. The van der Waals surface area contributed by atoms with Gasteiger partial charge in [-0.3, -0.25) is 9.59 Å². The number of fused-ring (bicyclic) bond motifs is 1. The highest BCUT2D eigenvalue weighted by Crippen LogP contribution is 2.46. The molecule has 9 nitrogen and oxygen atoms in total. The van der Waals surface area contributed by atoms with Crippen LogP contribution in [0.15, 0.2) is 82.0 Å². The first-order chi connectivity index (χ1) is 19.4. The second kappa shape index (κ2) is 12.0. The van der Waals surface area contributed by atoms with Crippen molar-refractivity contribution in [2.75, 3.05) is 33.3 Å². The zero-order valence-corrected chi connectivity index (χ0v) is 23.6. The third-order valence-corrected chi connectivity index (χ3v) is 8.08. The number of aliphatic imine (C=N–C) groups is 1. The first-order valence-electron chi connectivity index (χ1n) is 13.3. The zero-order valence-electron chi connectivity index (χ0n) is 22.8. The van der Waals surface area contributed by atoms with Crippen molar-refractivity contribution in [3.05, 3.63) is 82.5 Å². The summed E-state index contributed by atoms with van der Waals surface area (Å²) < 4.78 is 11.3. The first kappa shape index (κ1) is 27.5. The number of piperazine rings is 1. The summed E-state index contributed by atoms with van der Waals surface area (Å²) in [5, 5.41) is 2.65. The predicted molar refractivity (Wildman–Crippen MR) is 153 cm³/mol. The molecule has 3 heterocycles. The maximum atomic E-state index is 13.4. The van der Waals surface area contributed by atoms with Crippen LogP contribution in [0.2, 0.25) is 0 Å². The number of ether oxygens (including phenoxy) is 2. The van der Waals surface area contributed by atoms with E-state index in [-0.39, 0.29) is 18.2 Å². The van der Waals surface area contributed by atoms with Gasteiger partial charge in [-0.1, -0.05) is 49.0 Å². The number of hydrogen-bond acceptors (Lipinski definition) is 8. The van der Waals surface area contributed by atoms with Crippen LogP contribution in [0.1, 0.15) is 38.3 Å². The SMILES string of the molecule is CCC1=C(C(=O)OC)[C@@H](c2cccc(Oc3ccccc3)c2)N2C(CC(=O)N3CCN(C(C)=O)CC3)=CSC2=N1. The minimum atomic E-state index is -0.544. The third kappa shape index (κ3) is 5.62. The van der Waals surface area contributed by atoms with Gasteiger partial charge in [-0.15, -0.1) is 0 Å². The summed E-state index contributed by atoms with van der Waals surface area (Å²) in [4.78, 5) is 48.6. The number of carbonyl (C=O) groups excluding carboxylic acids is 3. The molecule has 0 aromatic heterocycles. The number of amides is 2. The molecule has 0 N–H and O–H groups in total. The van der Waals surface area contributed by atoms with E-state index in [2.05, 4.69) is 0 Å². The van der Waals surface area contributed by atoms with Gasteiger partial charge in [0.05, 0.1) is 30.8 Å². The van der Waals surface area contributed by atoms with Gasteiger partial charge in [0.1, 0.15) is 11.5 Å². The summed E-state index contributed by atoms with van der Waals surface area (Å²) in [6, 6.07) is 16.6. The van der Waals surface area contributed by atoms with E-state index in [1.54, 1.807) is 16.7 Å². The average molecular weight is 561 g/mol. The number of esters is 1. The molecular formula is C30H32N4O5S. The van der Waals surface area contributed by atoms with Crippen LogP contribution in [0, 0.1) is 0 Å². The number of nitrogens with zero attached hydrogens (tertiary/aromatic N) is 4. The first-order valence-corrected chi connectivity index (χ1v) is 14.2. The molecule has 10 heteroatoms. The van der Waals surface area contributed by atoms with Crippen molar-refractivity contribution in [1.29, 1.82) is 0 Å². The largest absolute Gasteiger partial charge is 0.466 e. The Bertz CT molecular complexity index is 1400. The molecule has 0 bridgehead atoms. The molecular weight excluding hydrogens is 528 g/mol. The summed E-state index contributed by atoms with van der Waals surface area (Å²) in [5.74, 6) is 0.873. The highest BCUT2D eigenvalue weighted by molar-refractivity contribution is 8.16. The minimum absolute atomic E-state index is 0.0198. The Balaban J connectivity index is 1.46. The number of amidine groups is 1. The smallest absolute Gasteiger partial charge is 0.338 e. The van der Waals surface area contributed by atoms with Crippen LogP contribution in [-0.4, -0.2) is 70.9 Å². The predicted octanol–water partition coefficient (Wildman–Crippen LogP) is 4.70. The summed E-state index contributed by atoms with van der Waals surface area (Å²) in [5.41, 5.74) is 2.69. The Kier molecular flexibility index (Phi) is 8.25. The van der Waals surface area contributed by atoms with E-state index in [0.717, 1.165) is 11.3 Å². The van der Waals surface area contributed by atoms with E-state index in [9.17, 15) is 14.4 Å². The molecule has 40 heavy (non-hydrogen) atoms. The van der Waals surface area contributed by atoms with Crippen molar-refractivity contribution in [3.8, 4) is 11.5 Å². The lowest BCUT2D eigenvalue weighted by molar-refractivity contribution is -0.138. The highest BCUT2D eigenvalue weighted by atomic mass is 32.2. The number of thioether (sulfide) groups is 1. The molecule has 0 unspecified atom stereocenters. The highest BCUT2D eigenvalue weighted by Gasteiger charge is 2.42. The summed E-state index contributed by atoms with van der Waals surface area (Å²) in [6.45, 7) is 5.55. The number of benzene rings is 2. The van der Waals surface area contributed by atoms with Crippen molar-refractivity contribution in [2.24, 2.45) is 4.99 Å². The quantitative estimate of drug-likeness (QED) is 0.454. The molecule has 2 aromatic carbocycles. The number of para-hydroxylation sites is 1. The Hall–Kier alpha value is -4.05. The van der Waals surface area contributed by atoms with Gasteiger partial charge in [0.15, 0.2) is 5.17 Å². The fraction of sp³-hybridized carbons (Fsp3) is 0.333. The van der Waals surface area contributed by atoms with Crippen LogP contribution in [0.5, 0.6) is 11.5 Å². The van der Waals surface area contributed by atoms with E-state index >= 15 is 0 Å². The van der Waals surface area contributed by atoms with Gasteiger partial charge >= 0.3 is 5.97 Å². The normalized spacial score (nSPS) is 18.7. The molecule has 5 rings (SSSR count). The lowest BCUT2D eigenvalue weighted by Crippen LogP contribution is -2.50. The van der Waals surface area contributed by atoms with Crippen molar-refractivity contribution in [1.82, 2.24) is 14.7 Å². The van der Waals surface area contributed by atoms with Crippen LogP contribution in [0.25, 0.3) is 0 Å². The van der Waals surface area contributed by atoms with Crippen LogP contribution in [-0.2, 0) is 19.1 Å². The van der Waals surface area contributed by atoms with Gasteiger partial charge in [-0.2, -0.15) is 0 Å². The standard InChI is InChI=1S/C30H32N4O5S/c1-4-25-27(29(37)38-3)28(21-9-8-12-24(17-21)39-23-10-6-5-7-11-23)34-22(19-40-30(34)31-25)18-26(36)33-15-13-32(14-16-33)20(2)35/h5-12,17,19,28H,4,13-16,18H2,1-3H3/t28-/m1/s1. The van der Waals surface area contributed by atoms with E-state index in [1.807, 2.05) is 71.8 Å². The van der Waals surface area contributed by atoms with Crippen LogP contribution >= 0.6 is 11.8 Å². The number of methoxy groups -OCH3 is 1. The molecule has 0 radical (unpaired) electrons. The van der Waals surface area contributed by atoms with E-state index < -0.39 is 12.0 Å². The zero-order chi connectivity index (χ0) is 28.2. The molecule has 1 atom stereocenters. The van der Waals surface area contributed by atoms with Crippen molar-refractivity contribution < 1.29 is 23.9 Å². The van der Waals surface area contributed by atoms with E-state index in [0.29, 0.717) is 60.5 Å². The lowest BCUT2D eigenvalue weighted by Gasteiger charge is -2.38. The molecule has 1 saturated heterocycles. The minimum Gasteiger partial charge on any atom is -0.466 e. The second-order valence-corrected chi connectivity index (χ2v) is 10.5. The van der Waals surface area contributed by atoms with Crippen molar-refractivity contribution >= 4 is 34.7 Å². The van der Waals surface area contributed by atoms with Gasteiger partial charge in [0.25, 0.3) is 0 Å². The van der Waals surface area contributed by atoms with Crippen LogP contribution < -0.4 is 4.74 Å². The fourth-order valence-corrected chi connectivity index (χ4v) is 6.08. The van der Waals surface area contributed by atoms with Crippen LogP contribution in [0.4, 0.5) is 0 Å². The average Bonchev–Trinajstić information content (AvgIpc) is 3.38. The maximum absolute atomic E-state index is 13.4. The molecule has 0 saturated carbocycles. The van der Waals surface area contributed by atoms with Crippen LogP contribution in [0.3, 0.4) is 0 Å². The number of carbonyl (C=O) groups is 3. The second-order valence-electron chi connectivity index (χ2n) is 9.65. The molecule has 2 aromatic rings. The van der Waals surface area contributed by atoms with Gasteiger partial charge in [0.2, 0.25) is 11.8 Å². The Morgan fingerprint density at radius 3 is 2.35 bits per heavy atom. The lowest BCUT2D eigenvalue weighted by atomic mass is 9.92. The number of allylic oxidation sites excluding steroid dienone is 1. The van der Waals surface area contributed by atoms with E-state index in [4.69, 9.17) is 14.5 Å². The Morgan fingerprint density at radius 1 is 0.975 bits per heavy atom. The molecule has 2 amide bonds. The third-order valence-electron chi connectivity index (χ3n) is 7.19. The van der Waals surface area contributed by atoms with Gasteiger partial charge in [-0.25, -0.2) is 9.79 Å². The Morgan fingerprint density at radius 2 is 1.68 bits per heavy atom. The van der Waals surface area contributed by atoms with E-state index in [1.165, 1.54) is 18.9 Å². The summed E-state index contributed by atoms with van der Waals surface area (Å²) >= 11 is 1.45. The maximum Gasteiger partial charge on any atom is 0.338 e. The summed E-state index contributed by atoms with van der Waals surface area (Å²) in [6.07, 6.45) is 0.701. The fourth-order valence-electron chi connectivity index (χ4n) is 5.14. The van der Waals surface area contributed by atoms with Gasteiger partial charge < -0.3 is 24.2 Å². The molecule has 1 fully saturated rings. The number of hydrogen-bond donors (Lipinski definition) is 0. The molecule has 0 spiro atoms. The van der Waals surface area contributed by atoms with Gasteiger partial charge in [0, 0.05) is 38.8 Å².